The second-order valence-corrected chi connectivity index (χ2v) is 6.03. The number of fused-ring (bicyclic) bond motifs is 1. The standard InChI is InChI=1S/C18H17ClN2O4/c19-13-3-1-2-4-14(13)21-18(24)17(23)20-10-15(22)11-5-6-16-12(9-11)7-8-25-16/h1-6,9,15,22H,7-8,10H2,(H,20,23)(H,21,24)/t15-/m1/s1. The molecular weight excluding hydrogens is 344 g/mol. The first kappa shape index (κ1) is 17.3. The fourth-order valence-corrected chi connectivity index (χ4v) is 2.73. The van der Waals surface area contributed by atoms with E-state index in [1.54, 1.807) is 36.4 Å². The van der Waals surface area contributed by atoms with Crippen molar-refractivity contribution < 1.29 is 19.4 Å². The highest BCUT2D eigenvalue weighted by atomic mass is 35.5. The maximum absolute atomic E-state index is 11.9. The van der Waals surface area contributed by atoms with Gasteiger partial charge in [0.1, 0.15) is 5.75 Å². The van der Waals surface area contributed by atoms with Crippen molar-refractivity contribution in [1.29, 1.82) is 0 Å². The summed E-state index contributed by atoms with van der Waals surface area (Å²) in [5.74, 6) is -0.870. The lowest BCUT2D eigenvalue weighted by atomic mass is 10.0. The van der Waals surface area contributed by atoms with Crippen LogP contribution in [0.4, 0.5) is 5.69 Å². The van der Waals surface area contributed by atoms with Gasteiger partial charge in [0.25, 0.3) is 0 Å². The van der Waals surface area contributed by atoms with E-state index < -0.39 is 17.9 Å². The van der Waals surface area contributed by atoms with Crippen LogP contribution < -0.4 is 15.4 Å². The molecule has 3 rings (SSSR count). The average Bonchev–Trinajstić information content (AvgIpc) is 3.08. The molecule has 0 radical (unpaired) electrons. The molecule has 6 nitrogen and oxygen atoms in total. The summed E-state index contributed by atoms with van der Waals surface area (Å²) in [7, 11) is 0. The molecule has 0 unspecified atom stereocenters. The molecule has 0 aromatic heterocycles. The van der Waals surface area contributed by atoms with Crippen LogP contribution in [0.25, 0.3) is 0 Å². The number of amides is 2. The van der Waals surface area contributed by atoms with E-state index >= 15 is 0 Å². The number of hydrogen-bond acceptors (Lipinski definition) is 4. The lowest BCUT2D eigenvalue weighted by Crippen LogP contribution is -2.37. The topological polar surface area (TPSA) is 87.7 Å². The van der Waals surface area contributed by atoms with E-state index in [2.05, 4.69) is 10.6 Å². The van der Waals surface area contributed by atoms with E-state index in [0.29, 0.717) is 22.9 Å². The number of para-hydroxylation sites is 1. The third-order valence-electron chi connectivity index (χ3n) is 3.88. The molecule has 2 aromatic rings. The summed E-state index contributed by atoms with van der Waals surface area (Å²) < 4.78 is 5.41. The van der Waals surface area contributed by atoms with E-state index in [9.17, 15) is 14.7 Å². The second-order valence-electron chi connectivity index (χ2n) is 5.63. The molecular formula is C18H17ClN2O4. The van der Waals surface area contributed by atoms with Gasteiger partial charge in [0.2, 0.25) is 0 Å². The van der Waals surface area contributed by atoms with E-state index in [4.69, 9.17) is 16.3 Å². The van der Waals surface area contributed by atoms with Crippen molar-refractivity contribution in [2.24, 2.45) is 0 Å². The number of rotatable bonds is 4. The lowest BCUT2D eigenvalue weighted by Gasteiger charge is -2.13. The number of benzene rings is 2. The molecule has 0 fully saturated rings. The number of ether oxygens (including phenoxy) is 1. The van der Waals surface area contributed by atoms with Crippen LogP contribution in [0.5, 0.6) is 5.75 Å². The van der Waals surface area contributed by atoms with Crippen LogP contribution in [0.2, 0.25) is 5.02 Å². The van der Waals surface area contributed by atoms with Crippen molar-refractivity contribution in [3.8, 4) is 5.75 Å². The van der Waals surface area contributed by atoms with E-state index in [-0.39, 0.29) is 6.54 Å². The van der Waals surface area contributed by atoms with Crippen LogP contribution in [0.3, 0.4) is 0 Å². The molecule has 1 heterocycles. The number of nitrogens with one attached hydrogen (secondary N) is 2. The summed E-state index contributed by atoms with van der Waals surface area (Å²) >= 11 is 5.93. The zero-order valence-electron chi connectivity index (χ0n) is 13.3. The Morgan fingerprint density at radius 1 is 1.20 bits per heavy atom. The molecule has 0 saturated carbocycles. The van der Waals surface area contributed by atoms with E-state index in [1.165, 1.54) is 0 Å². The number of halogens is 1. The van der Waals surface area contributed by atoms with E-state index in [0.717, 1.165) is 17.7 Å². The minimum Gasteiger partial charge on any atom is -0.493 e. The maximum atomic E-state index is 11.9. The summed E-state index contributed by atoms with van der Waals surface area (Å²) in [6.45, 7) is 0.558. The van der Waals surface area contributed by atoms with Crippen LogP contribution in [-0.2, 0) is 16.0 Å². The number of carbonyl (C=O) groups excluding carboxylic acids is 2. The zero-order valence-corrected chi connectivity index (χ0v) is 14.0. The molecule has 1 aliphatic rings. The molecule has 1 aliphatic heterocycles. The highest BCUT2D eigenvalue weighted by Crippen LogP contribution is 2.28. The van der Waals surface area contributed by atoms with Gasteiger partial charge in [-0.25, -0.2) is 0 Å². The first-order chi connectivity index (χ1) is 12.0. The number of carbonyl (C=O) groups is 2. The fourth-order valence-electron chi connectivity index (χ4n) is 2.54. The molecule has 25 heavy (non-hydrogen) atoms. The molecule has 0 bridgehead atoms. The number of aliphatic hydroxyl groups is 1. The van der Waals surface area contributed by atoms with Gasteiger partial charge in [0, 0.05) is 13.0 Å². The van der Waals surface area contributed by atoms with Gasteiger partial charge >= 0.3 is 11.8 Å². The Labute approximate surface area is 149 Å². The number of anilines is 1. The first-order valence-corrected chi connectivity index (χ1v) is 8.20. The van der Waals surface area contributed by atoms with Gasteiger partial charge in [-0.05, 0) is 35.4 Å². The monoisotopic (exact) mass is 360 g/mol. The van der Waals surface area contributed by atoms with Crippen molar-refractivity contribution in [3.63, 3.8) is 0 Å². The summed E-state index contributed by atoms with van der Waals surface area (Å²) in [4.78, 5) is 23.8. The van der Waals surface area contributed by atoms with Crippen molar-refractivity contribution in [1.82, 2.24) is 5.32 Å². The Balaban J connectivity index is 1.54. The van der Waals surface area contributed by atoms with Crippen LogP contribution in [0.15, 0.2) is 42.5 Å². The quantitative estimate of drug-likeness (QED) is 0.728. The molecule has 0 aliphatic carbocycles. The van der Waals surface area contributed by atoms with E-state index in [1.807, 2.05) is 6.07 Å². The smallest absolute Gasteiger partial charge is 0.313 e. The largest absolute Gasteiger partial charge is 0.493 e. The SMILES string of the molecule is O=C(NC[C@@H](O)c1ccc2c(c1)CCO2)C(=O)Nc1ccccc1Cl. The first-order valence-electron chi connectivity index (χ1n) is 7.82. The predicted molar refractivity (Wildman–Crippen MR) is 93.7 cm³/mol. The van der Waals surface area contributed by atoms with Gasteiger partial charge < -0.3 is 20.5 Å². The Morgan fingerprint density at radius 2 is 2.00 bits per heavy atom. The Hall–Kier alpha value is -2.57. The van der Waals surface area contributed by atoms with Gasteiger partial charge in [0.15, 0.2) is 0 Å². The molecule has 130 valence electrons. The van der Waals surface area contributed by atoms with Crippen molar-refractivity contribution in [2.45, 2.75) is 12.5 Å². The Bertz CT molecular complexity index is 809. The minimum absolute atomic E-state index is 0.0750. The average molecular weight is 361 g/mol. The van der Waals surface area contributed by atoms with Crippen LogP contribution in [0, 0.1) is 0 Å². The van der Waals surface area contributed by atoms with Crippen LogP contribution in [-0.4, -0.2) is 30.1 Å². The number of aliphatic hydroxyl groups excluding tert-OH is 1. The summed E-state index contributed by atoms with van der Waals surface area (Å²) in [5, 5.41) is 15.4. The molecule has 2 aromatic carbocycles. The highest BCUT2D eigenvalue weighted by Gasteiger charge is 2.19. The lowest BCUT2D eigenvalue weighted by molar-refractivity contribution is -0.136. The predicted octanol–water partition coefficient (Wildman–Crippen LogP) is 2.06. The van der Waals surface area contributed by atoms with Crippen molar-refractivity contribution >= 4 is 29.1 Å². The highest BCUT2D eigenvalue weighted by molar-refractivity contribution is 6.41. The van der Waals surface area contributed by atoms with Gasteiger partial charge in [-0.15, -0.1) is 0 Å². The molecule has 7 heteroatoms. The molecule has 3 N–H and O–H groups in total. The van der Waals surface area contributed by atoms with Gasteiger partial charge in [-0.2, -0.15) is 0 Å². The van der Waals surface area contributed by atoms with Crippen LogP contribution >= 0.6 is 11.6 Å². The minimum atomic E-state index is -0.914. The molecule has 0 spiro atoms. The van der Waals surface area contributed by atoms with Gasteiger partial charge in [-0.3, -0.25) is 9.59 Å². The summed E-state index contributed by atoms with van der Waals surface area (Å²) in [5.41, 5.74) is 2.04. The second kappa shape index (κ2) is 7.55. The molecule has 0 saturated heterocycles. The molecule has 2 amide bonds. The molecule has 1 atom stereocenters. The Morgan fingerprint density at radius 3 is 2.80 bits per heavy atom. The normalized spacial score (nSPS) is 13.5. The van der Waals surface area contributed by atoms with Crippen molar-refractivity contribution in [2.75, 3.05) is 18.5 Å². The third-order valence-corrected chi connectivity index (χ3v) is 4.21. The Kier molecular flexibility index (Phi) is 5.21. The van der Waals surface area contributed by atoms with Crippen molar-refractivity contribution in [3.05, 3.63) is 58.6 Å². The van der Waals surface area contributed by atoms with Crippen LogP contribution in [0.1, 0.15) is 17.2 Å². The summed E-state index contributed by atoms with van der Waals surface area (Å²) in [6, 6.07) is 12.0. The summed E-state index contributed by atoms with van der Waals surface area (Å²) in [6.07, 6.45) is -0.120. The maximum Gasteiger partial charge on any atom is 0.313 e. The van der Waals surface area contributed by atoms with Gasteiger partial charge in [-0.1, -0.05) is 29.8 Å². The zero-order chi connectivity index (χ0) is 17.8. The van der Waals surface area contributed by atoms with Gasteiger partial charge in [0.05, 0.1) is 23.4 Å². The third kappa shape index (κ3) is 4.10. The number of hydrogen-bond donors (Lipinski definition) is 3. The fraction of sp³-hybridized carbons (Fsp3) is 0.222.